The molecule has 1 atom stereocenters. The van der Waals surface area contributed by atoms with E-state index in [0.717, 1.165) is 6.07 Å². The maximum atomic E-state index is 14.6. The van der Waals surface area contributed by atoms with E-state index in [1.54, 1.807) is 0 Å². The first kappa shape index (κ1) is 24.3. The van der Waals surface area contributed by atoms with Gasteiger partial charge in [-0.15, -0.1) is 0 Å². The number of carboxylic acid groups (broad SMARTS) is 1. The number of phenolic OH excluding ortho intramolecular Hbond substituents is 2. The molecule has 0 amide bonds. The Kier molecular flexibility index (Phi) is 6.85. The Morgan fingerprint density at radius 3 is 2.45 bits per heavy atom. The van der Waals surface area contributed by atoms with Crippen LogP contribution < -0.4 is 10.2 Å². The number of aromatic nitrogens is 1. The number of methoxy groups -OCH3 is 1. The molecule has 0 saturated carbocycles. The molecule has 3 rings (SSSR count). The molecule has 2 aromatic carbocycles. The first-order valence-corrected chi connectivity index (χ1v) is 10.4. The lowest BCUT2D eigenvalue weighted by Gasteiger charge is -2.25. The number of pyridine rings is 1. The predicted molar refractivity (Wildman–Crippen MR) is 120 cm³/mol. The summed E-state index contributed by atoms with van der Waals surface area (Å²) in [6.07, 6.45) is 0.878. The fraction of sp³-hybridized carbons (Fsp3) is 0.304. The number of aliphatic hydroxyl groups excluding tert-OH is 1. The zero-order valence-corrected chi connectivity index (χ0v) is 18.9. The van der Waals surface area contributed by atoms with Gasteiger partial charge in [-0.3, -0.25) is 4.79 Å². The zero-order chi connectivity index (χ0) is 24.6. The molecule has 0 aliphatic heterocycles. The quantitative estimate of drug-likeness (QED) is 0.380. The zero-order valence-electron chi connectivity index (χ0n) is 18.1. The van der Waals surface area contributed by atoms with E-state index in [2.05, 4.69) is 0 Å². The lowest BCUT2D eigenvalue weighted by molar-refractivity contribution is 0.0694. The Hall–Kier alpha value is -3.30. The van der Waals surface area contributed by atoms with Crippen LogP contribution in [0.15, 0.2) is 29.2 Å². The van der Waals surface area contributed by atoms with Crippen molar-refractivity contribution in [3.63, 3.8) is 0 Å². The van der Waals surface area contributed by atoms with Gasteiger partial charge in [-0.05, 0) is 17.5 Å². The normalized spacial score (nSPS) is 12.3. The standard InChI is InChI=1S/C23H23ClFNO7/c1-10(2)17(9-27)26-8-14(23(31)32)21(29)12-4-11(19(33-3)7-16(12)26)5-13-20(25)15(24)6-18(28)22(13)30/h4,6-8,10,17,27-28,30H,5,9H2,1-3H3,(H,31,32)/t17-/m1/s1. The van der Waals surface area contributed by atoms with Crippen molar-refractivity contribution in [3.05, 3.63) is 62.1 Å². The van der Waals surface area contributed by atoms with Crippen LogP contribution in [0.4, 0.5) is 4.39 Å². The summed E-state index contributed by atoms with van der Waals surface area (Å²) in [6.45, 7) is 3.38. The van der Waals surface area contributed by atoms with Gasteiger partial charge in [0.25, 0.3) is 0 Å². The van der Waals surface area contributed by atoms with Gasteiger partial charge < -0.3 is 29.7 Å². The van der Waals surface area contributed by atoms with Crippen LogP contribution in [0.2, 0.25) is 5.02 Å². The second-order valence-electron chi connectivity index (χ2n) is 7.95. The Morgan fingerprint density at radius 2 is 1.91 bits per heavy atom. The summed E-state index contributed by atoms with van der Waals surface area (Å²) in [5.41, 5.74) is -1.01. The highest BCUT2D eigenvalue weighted by molar-refractivity contribution is 6.31. The number of halogens is 2. The minimum Gasteiger partial charge on any atom is -0.504 e. The number of nitrogens with zero attached hydrogens (tertiary/aromatic N) is 1. The molecule has 176 valence electrons. The number of hydrogen-bond acceptors (Lipinski definition) is 6. The number of hydrogen-bond donors (Lipinski definition) is 4. The van der Waals surface area contributed by atoms with E-state index in [1.165, 1.54) is 30.0 Å². The number of phenols is 2. The first-order valence-electron chi connectivity index (χ1n) is 10.00. The SMILES string of the molecule is COc1cc2c(cc1Cc1c(O)c(O)cc(Cl)c1F)c(=O)c(C(=O)O)cn2[C@H](CO)C(C)C. The van der Waals surface area contributed by atoms with Gasteiger partial charge in [-0.2, -0.15) is 0 Å². The van der Waals surface area contributed by atoms with Gasteiger partial charge in [-0.25, -0.2) is 9.18 Å². The number of aromatic carboxylic acids is 1. The number of rotatable bonds is 7. The number of benzene rings is 2. The van der Waals surface area contributed by atoms with Gasteiger partial charge in [0.1, 0.15) is 17.1 Å². The highest BCUT2D eigenvalue weighted by atomic mass is 35.5. The Balaban J connectivity index is 2.36. The molecule has 3 aromatic rings. The van der Waals surface area contributed by atoms with Gasteiger partial charge in [0.15, 0.2) is 11.5 Å². The third kappa shape index (κ3) is 4.34. The summed E-state index contributed by atoms with van der Waals surface area (Å²) < 4.78 is 21.5. The molecule has 8 nitrogen and oxygen atoms in total. The molecule has 0 bridgehead atoms. The topological polar surface area (TPSA) is 129 Å². The number of ether oxygens (including phenoxy) is 1. The summed E-state index contributed by atoms with van der Waals surface area (Å²) in [5, 5.41) is 39.1. The smallest absolute Gasteiger partial charge is 0.341 e. The van der Waals surface area contributed by atoms with Gasteiger partial charge in [0, 0.05) is 35.7 Å². The van der Waals surface area contributed by atoms with E-state index in [1.807, 2.05) is 13.8 Å². The van der Waals surface area contributed by atoms with E-state index < -0.39 is 45.3 Å². The lowest BCUT2D eigenvalue weighted by atomic mass is 9.98. The molecule has 0 fully saturated rings. The van der Waals surface area contributed by atoms with Gasteiger partial charge >= 0.3 is 5.97 Å². The van der Waals surface area contributed by atoms with Gasteiger partial charge in [0.2, 0.25) is 5.43 Å². The van der Waals surface area contributed by atoms with Crippen LogP contribution in [0.1, 0.15) is 41.4 Å². The first-order chi connectivity index (χ1) is 15.5. The van der Waals surface area contributed by atoms with Gasteiger partial charge in [0.05, 0.1) is 30.3 Å². The average Bonchev–Trinajstić information content (AvgIpc) is 2.76. The minimum atomic E-state index is -1.43. The Morgan fingerprint density at radius 1 is 1.24 bits per heavy atom. The molecular formula is C23H23ClFNO7. The molecule has 0 aliphatic carbocycles. The van der Waals surface area contributed by atoms with E-state index in [0.29, 0.717) is 5.52 Å². The number of carbonyl (C=O) groups is 1. The molecule has 0 radical (unpaired) electrons. The highest BCUT2D eigenvalue weighted by Crippen LogP contribution is 2.39. The van der Waals surface area contributed by atoms with Crippen molar-refractivity contribution >= 4 is 28.5 Å². The van der Waals surface area contributed by atoms with Crippen LogP contribution in [0.25, 0.3) is 10.9 Å². The van der Waals surface area contributed by atoms with Gasteiger partial charge in [-0.1, -0.05) is 25.4 Å². The van der Waals surface area contributed by atoms with Crippen LogP contribution in [-0.2, 0) is 6.42 Å². The van der Waals surface area contributed by atoms with Crippen LogP contribution in [0.3, 0.4) is 0 Å². The number of carboxylic acids is 1. The molecule has 0 saturated heterocycles. The predicted octanol–water partition coefficient (Wildman–Crippen LogP) is 3.69. The molecule has 1 aromatic heterocycles. The summed E-state index contributed by atoms with van der Waals surface area (Å²) in [6, 6.07) is 3.17. The maximum absolute atomic E-state index is 14.6. The summed E-state index contributed by atoms with van der Waals surface area (Å²) in [5.74, 6) is -3.60. The van der Waals surface area contributed by atoms with E-state index in [9.17, 15) is 34.4 Å². The molecular weight excluding hydrogens is 457 g/mol. The van der Waals surface area contributed by atoms with Crippen molar-refractivity contribution in [2.24, 2.45) is 5.92 Å². The second kappa shape index (κ2) is 9.29. The molecule has 4 N–H and O–H groups in total. The molecule has 33 heavy (non-hydrogen) atoms. The second-order valence-corrected chi connectivity index (χ2v) is 8.36. The molecule has 0 spiro atoms. The summed E-state index contributed by atoms with van der Waals surface area (Å²) >= 11 is 5.79. The fourth-order valence-corrected chi connectivity index (χ4v) is 4.02. The third-order valence-corrected chi connectivity index (χ3v) is 5.89. The largest absolute Gasteiger partial charge is 0.504 e. The Labute approximate surface area is 193 Å². The van der Waals surface area contributed by atoms with Crippen molar-refractivity contribution in [2.45, 2.75) is 26.3 Å². The molecule has 0 unspecified atom stereocenters. The lowest BCUT2D eigenvalue weighted by Crippen LogP contribution is -2.25. The van der Waals surface area contributed by atoms with Crippen LogP contribution in [0, 0.1) is 11.7 Å². The molecule has 0 aliphatic rings. The highest BCUT2D eigenvalue weighted by Gasteiger charge is 2.24. The van der Waals surface area contributed by atoms with E-state index >= 15 is 0 Å². The monoisotopic (exact) mass is 479 g/mol. The number of fused-ring (bicyclic) bond motifs is 1. The Bertz CT molecular complexity index is 1280. The minimum absolute atomic E-state index is 0.0101. The van der Waals surface area contributed by atoms with Crippen LogP contribution >= 0.6 is 11.6 Å². The number of aromatic hydroxyl groups is 2. The number of aliphatic hydroxyl groups is 1. The molecule has 1 heterocycles. The fourth-order valence-electron chi connectivity index (χ4n) is 3.80. The van der Waals surface area contributed by atoms with Crippen LogP contribution in [-0.4, -0.2) is 44.7 Å². The maximum Gasteiger partial charge on any atom is 0.341 e. The van der Waals surface area contributed by atoms with Crippen molar-refractivity contribution in [2.75, 3.05) is 13.7 Å². The van der Waals surface area contributed by atoms with Crippen molar-refractivity contribution in [3.8, 4) is 17.2 Å². The average molecular weight is 480 g/mol. The summed E-state index contributed by atoms with van der Waals surface area (Å²) in [7, 11) is 1.36. The van der Waals surface area contributed by atoms with Crippen LogP contribution in [0.5, 0.6) is 17.2 Å². The van der Waals surface area contributed by atoms with Crippen molar-refractivity contribution < 1.29 is 34.3 Å². The molecule has 10 heteroatoms. The third-order valence-electron chi connectivity index (χ3n) is 5.61. The van der Waals surface area contributed by atoms with Crippen molar-refractivity contribution in [1.82, 2.24) is 4.57 Å². The van der Waals surface area contributed by atoms with E-state index in [-0.39, 0.29) is 41.2 Å². The summed E-state index contributed by atoms with van der Waals surface area (Å²) in [4.78, 5) is 24.7. The van der Waals surface area contributed by atoms with E-state index in [4.69, 9.17) is 16.3 Å². The van der Waals surface area contributed by atoms with Crippen molar-refractivity contribution in [1.29, 1.82) is 0 Å².